The van der Waals surface area contributed by atoms with Crippen LogP contribution >= 0.6 is 0 Å². The lowest BCUT2D eigenvalue weighted by molar-refractivity contribution is 0.492. The van der Waals surface area contributed by atoms with Gasteiger partial charge in [0.1, 0.15) is 0 Å². The summed E-state index contributed by atoms with van der Waals surface area (Å²) in [5, 5.41) is 4.86. The van der Waals surface area contributed by atoms with Crippen LogP contribution in [0.5, 0.6) is 0 Å². The molecule has 88 heavy (non-hydrogen) atoms. The minimum Gasteiger partial charge on any atom is -0.337 e. The number of rotatable bonds is 15. The first-order valence-electron chi connectivity index (χ1n) is 30.9. The highest BCUT2D eigenvalue weighted by molar-refractivity contribution is 6.11. The molecule has 6 nitrogen and oxygen atoms in total. The van der Waals surface area contributed by atoms with Crippen LogP contribution in [0.2, 0.25) is 0 Å². The van der Waals surface area contributed by atoms with Gasteiger partial charge in [0.25, 0.3) is 0 Å². The molecule has 0 saturated carbocycles. The summed E-state index contributed by atoms with van der Waals surface area (Å²) in [7, 11) is 0. The molecule has 1 aliphatic rings. The van der Waals surface area contributed by atoms with E-state index >= 15 is 0 Å². The van der Waals surface area contributed by atoms with Crippen molar-refractivity contribution in [2.24, 2.45) is 5.92 Å². The summed E-state index contributed by atoms with van der Waals surface area (Å²) in [6, 6.07) is 96.8. The molecule has 0 aliphatic heterocycles. The Balaban J connectivity index is 0.852. The number of para-hydroxylation sites is 6. The van der Waals surface area contributed by atoms with E-state index in [0.29, 0.717) is 11.8 Å². The van der Waals surface area contributed by atoms with Gasteiger partial charge in [0.15, 0.2) is 0 Å². The fourth-order valence-corrected chi connectivity index (χ4v) is 13.5. The molecule has 11 aromatic carbocycles. The highest BCUT2D eigenvalue weighted by Crippen LogP contribution is 2.44. The molecular formula is C82H66N6. The SMILES string of the molecule is CC/C=C\C=C/Cn1c2ccccc2c2cc(N(c3ccccc3)c3ccc(-c4nc5cccc(-c6cccc(C7CCC=CC7C)c6)c5nc4-c4ccc(N(c5ccccc5)c5ccc6c(c5)c5ccccc5n6-c5ccccc5)cc4)cc3)ccc21. The van der Waals surface area contributed by atoms with Crippen LogP contribution in [0.1, 0.15) is 44.6 Å². The zero-order chi connectivity index (χ0) is 58.9. The normalized spacial score (nSPS) is 14.3. The summed E-state index contributed by atoms with van der Waals surface area (Å²) in [5.41, 5.74) is 21.2. The van der Waals surface area contributed by atoms with Crippen LogP contribution in [-0.2, 0) is 6.54 Å². The van der Waals surface area contributed by atoms with Gasteiger partial charge in [0.2, 0.25) is 0 Å². The fraction of sp³-hybridized carbons (Fsp3) is 0.0976. The largest absolute Gasteiger partial charge is 0.337 e. The van der Waals surface area contributed by atoms with Crippen molar-refractivity contribution in [2.45, 2.75) is 45.6 Å². The van der Waals surface area contributed by atoms with E-state index in [1.807, 2.05) is 0 Å². The molecule has 0 amide bonds. The van der Waals surface area contributed by atoms with E-state index in [1.54, 1.807) is 0 Å². The van der Waals surface area contributed by atoms with Crippen LogP contribution in [0.25, 0.3) is 94.0 Å². The summed E-state index contributed by atoms with van der Waals surface area (Å²) in [6.45, 7) is 5.29. The lowest BCUT2D eigenvalue weighted by Gasteiger charge is -2.26. The fourth-order valence-electron chi connectivity index (χ4n) is 13.5. The predicted molar refractivity (Wildman–Crippen MR) is 371 cm³/mol. The highest BCUT2D eigenvalue weighted by atomic mass is 15.1. The van der Waals surface area contributed by atoms with Crippen LogP contribution in [0.15, 0.2) is 303 Å². The van der Waals surface area contributed by atoms with Gasteiger partial charge in [-0.15, -0.1) is 0 Å². The van der Waals surface area contributed by atoms with E-state index in [1.165, 1.54) is 43.7 Å². The maximum absolute atomic E-state index is 5.77. The second kappa shape index (κ2) is 23.6. The number of anilines is 6. The van der Waals surface area contributed by atoms with Crippen LogP contribution in [0, 0.1) is 5.92 Å². The minimum atomic E-state index is 0.468. The predicted octanol–water partition coefficient (Wildman–Crippen LogP) is 22.4. The van der Waals surface area contributed by atoms with Crippen molar-refractivity contribution in [3.8, 4) is 39.3 Å². The van der Waals surface area contributed by atoms with Gasteiger partial charge >= 0.3 is 0 Å². The summed E-state index contributed by atoms with van der Waals surface area (Å²) >= 11 is 0. The van der Waals surface area contributed by atoms with Crippen molar-refractivity contribution < 1.29 is 0 Å². The van der Waals surface area contributed by atoms with Crippen molar-refractivity contribution in [2.75, 3.05) is 9.80 Å². The Morgan fingerprint density at radius 1 is 0.443 bits per heavy atom. The molecule has 3 aromatic heterocycles. The van der Waals surface area contributed by atoms with Crippen molar-refractivity contribution in [3.05, 3.63) is 309 Å². The number of nitrogens with zero attached hydrogens (tertiary/aromatic N) is 6. The molecule has 424 valence electrons. The number of hydrogen-bond donors (Lipinski definition) is 0. The Labute approximate surface area is 514 Å². The second-order valence-electron chi connectivity index (χ2n) is 23.1. The zero-order valence-electron chi connectivity index (χ0n) is 49.5. The Bertz CT molecular complexity index is 4940. The smallest absolute Gasteiger partial charge is 0.0973 e. The summed E-state index contributed by atoms with van der Waals surface area (Å²) in [5.74, 6) is 0.944. The van der Waals surface area contributed by atoms with Gasteiger partial charge in [-0.3, -0.25) is 0 Å². The molecule has 0 spiro atoms. The quantitative estimate of drug-likeness (QED) is 0.0758. The minimum absolute atomic E-state index is 0.468. The van der Waals surface area contributed by atoms with Crippen molar-refractivity contribution in [1.29, 1.82) is 0 Å². The Kier molecular flexibility index (Phi) is 14.4. The van der Waals surface area contributed by atoms with Crippen LogP contribution in [0.4, 0.5) is 34.1 Å². The number of benzene rings is 11. The summed E-state index contributed by atoms with van der Waals surface area (Å²) in [4.78, 5) is 16.1. The van der Waals surface area contributed by atoms with Crippen molar-refractivity contribution in [3.63, 3.8) is 0 Å². The monoisotopic (exact) mass is 1130 g/mol. The van der Waals surface area contributed by atoms with E-state index in [4.69, 9.17) is 9.97 Å². The Morgan fingerprint density at radius 3 is 1.62 bits per heavy atom. The average Bonchev–Trinajstić information content (AvgIpc) is 1.99. The van der Waals surface area contributed by atoms with Crippen LogP contribution in [0.3, 0.4) is 0 Å². The Hall–Kier alpha value is -10.8. The first kappa shape index (κ1) is 53.9. The van der Waals surface area contributed by atoms with Crippen LogP contribution in [-0.4, -0.2) is 19.1 Å². The molecule has 0 N–H and O–H groups in total. The van der Waals surface area contributed by atoms with E-state index in [0.717, 1.165) is 116 Å². The van der Waals surface area contributed by atoms with E-state index in [-0.39, 0.29) is 0 Å². The maximum atomic E-state index is 5.77. The third-order valence-corrected chi connectivity index (χ3v) is 17.7. The van der Waals surface area contributed by atoms with Gasteiger partial charge in [0.05, 0.1) is 33.5 Å². The zero-order valence-corrected chi connectivity index (χ0v) is 49.5. The molecule has 0 bridgehead atoms. The lowest BCUT2D eigenvalue weighted by Crippen LogP contribution is -2.11. The molecule has 3 heterocycles. The molecule has 0 saturated heterocycles. The molecule has 2 unspecified atom stereocenters. The number of fused-ring (bicyclic) bond motifs is 7. The van der Waals surface area contributed by atoms with Gasteiger partial charge in [-0.25, -0.2) is 9.97 Å². The topological polar surface area (TPSA) is 42.1 Å². The van der Waals surface area contributed by atoms with Gasteiger partial charge < -0.3 is 18.9 Å². The number of allylic oxidation sites excluding steroid dienone is 6. The molecule has 1 aliphatic carbocycles. The third-order valence-electron chi connectivity index (χ3n) is 17.7. The lowest BCUT2D eigenvalue weighted by atomic mass is 9.79. The molecule has 6 heteroatoms. The van der Waals surface area contributed by atoms with Gasteiger partial charge in [-0.1, -0.05) is 202 Å². The molecule has 0 fully saturated rings. The standard InChI is InChI=1S/C82H66N6/c1-3-4-5-6-22-53-85-76-39-20-18-35-71(76)73-55-67(49-51-77(73)85)86(62-28-10-7-11-29-62)65-45-41-58(42-46-65)80-81(84-82-70(37-24-38-75(82)83-80)61-27-23-26-60(54-61)69-34-17-16-25-57(69)2)59-43-47-66(48-44-59)87(63-30-12-8-13-31-63)68-50-52-79-74(56-68)72-36-19-21-40-78(72)88(79)64-32-14-9-15-33-64/h4-16,18-33,35-52,54-57,69H,3,17,34,53H2,1-2H3/b5-4-,22-6-. The maximum Gasteiger partial charge on any atom is 0.0973 e. The molecular weight excluding hydrogens is 1070 g/mol. The van der Waals surface area contributed by atoms with E-state index in [9.17, 15) is 0 Å². The number of hydrogen-bond acceptors (Lipinski definition) is 4. The third kappa shape index (κ3) is 10.0. The molecule has 2 atom stereocenters. The number of aromatic nitrogens is 4. The van der Waals surface area contributed by atoms with Crippen LogP contribution < -0.4 is 9.80 Å². The summed E-state index contributed by atoms with van der Waals surface area (Å²) < 4.78 is 4.79. The van der Waals surface area contributed by atoms with Gasteiger partial charge in [0, 0.05) is 95.6 Å². The highest BCUT2D eigenvalue weighted by Gasteiger charge is 2.24. The van der Waals surface area contributed by atoms with E-state index in [2.05, 4.69) is 336 Å². The Morgan fingerprint density at radius 2 is 0.966 bits per heavy atom. The first-order valence-corrected chi connectivity index (χ1v) is 30.9. The second-order valence-corrected chi connectivity index (χ2v) is 23.1. The van der Waals surface area contributed by atoms with Crippen molar-refractivity contribution in [1.82, 2.24) is 19.1 Å². The first-order chi connectivity index (χ1) is 43.5. The van der Waals surface area contributed by atoms with Gasteiger partial charge in [-0.05, 0) is 157 Å². The molecule has 14 aromatic rings. The van der Waals surface area contributed by atoms with Gasteiger partial charge in [-0.2, -0.15) is 0 Å². The van der Waals surface area contributed by atoms with E-state index < -0.39 is 0 Å². The summed E-state index contributed by atoms with van der Waals surface area (Å²) in [6.07, 6.45) is 16.7. The molecule has 15 rings (SSSR count). The average molecular weight is 1140 g/mol. The van der Waals surface area contributed by atoms with Crippen molar-refractivity contribution >= 4 is 88.8 Å². The molecule has 0 radical (unpaired) electrons.